The Hall–Kier alpha value is -1.37. The molecule has 1 aliphatic heterocycles. The van der Waals surface area contributed by atoms with Gasteiger partial charge in [-0.1, -0.05) is 0 Å². The molecule has 21 heavy (non-hydrogen) atoms. The third-order valence-electron chi connectivity index (χ3n) is 2.96. The van der Waals surface area contributed by atoms with E-state index in [9.17, 15) is 0 Å². The molecule has 0 bridgehead atoms. The molecule has 1 N–H and O–H groups in total. The van der Waals surface area contributed by atoms with Gasteiger partial charge in [0, 0.05) is 18.4 Å². The fourth-order valence-corrected chi connectivity index (χ4v) is 4.04. The van der Waals surface area contributed by atoms with Gasteiger partial charge >= 0.3 is 0 Å². The summed E-state index contributed by atoms with van der Waals surface area (Å²) in [6.07, 6.45) is 3.64. The van der Waals surface area contributed by atoms with E-state index in [1.165, 1.54) is 0 Å². The first-order valence-corrected chi connectivity index (χ1v) is 8.64. The number of thioether (sulfide) groups is 1. The number of hydrogen-bond donors (Lipinski definition) is 1. The maximum Gasteiger partial charge on any atom is 0.149 e. The maximum absolute atomic E-state index is 5.59. The number of aromatic nitrogens is 1. The van der Waals surface area contributed by atoms with Crippen LogP contribution in [0.15, 0.2) is 35.5 Å². The second-order valence-corrected chi connectivity index (χ2v) is 6.83. The van der Waals surface area contributed by atoms with Crippen LogP contribution in [0.3, 0.4) is 0 Å². The van der Waals surface area contributed by atoms with Gasteiger partial charge in [-0.25, -0.2) is 4.98 Å². The van der Waals surface area contributed by atoms with Crippen LogP contribution < -0.4 is 10.1 Å². The lowest BCUT2D eigenvalue weighted by Gasteiger charge is -1.99. The smallest absolute Gasteiger partial charge is 0.149 e. The zero-order chi connectivity index (χ0) is 14.7. The van der Waals surface area contributed by atoms with Gasteiger partial charge < -0.3 is 10.1 Å². The van der Waals surface area contributed by atoms with E-state index >= 15 is 0 Å². The summed E-state index contributed by atoms with van der Waals surface area (Å²) in [6.45, 7) is 2.93. The molecule has 0 spiro atoms. The molecule has 110 valence electrons. The molecule has 0 unspecified atom stereocenters. The molecule has 0 aliphatic carbocycles. The Morgan fingerprint density at radius 3 is 3.14 bits per heavy atom. The SMILES string of the molecule is CNC/C=C\Oc1ccc2nc(C3=N[C@@H](C)CS3)sc2c1. The lowest BCUT2D eigenvalue weighted by atomic mass is 10.3. The van der Waals surface area contributed by atoms with Crippen molar-refractivity contribution in [1.82, 2.24) is 10.3 Å². The molecule has 3 rings (SSSR count). The molecule has 2 aromatic rings. The number of nitrogens with zero attached hydrogens (tertiary/aromatic N) is 2. The number of ether oxygens (including phenoxy) is 1. The predicted molar refractivity (Wildman–Crippen MR) is 91.8 cm³/mol. The Morgan fingerprint density at radius 2 is 2.38 bits per heavy atom. The van der Waals surface area contributed by atoms with Crippen LogP contribution in [0, 0.1) is 0 Å². The van der Waals surface area contributed by atoms with E-state index in [0.717, 1.165) is 38.3 Å². The molecular formula is C15H17N3OS2. The van der Waals surface area contributed by atoms with Crippen LogP contribution in [0.2, 0.25) is 0 Å². The van der Waals surface area contributed by atoms with Crippen molar-refractivity contribution in [3.8, 4) is 5.75 Å². The molecule has 1 atom stereocenters. The monoisotopic (exact) mass is 319 g/mol. The summed E-state index contributed by atoms with van der Waals surface area (Å²) < 4.78 is 6.72. The molecule has 2 heterocycles. The lowest BCUT2D eigenvalue weighted by Crippen LogP contribution is -2.04. The Balaban J connectivity index is 1.80. The summed E-state index contributed by atoms with van der Waals surface area (Å²) in [7, 11) is 1.90. The van der Waals surface area contributed by atoms with Gasteiger partial charge in [0.15, 0.2) is 0 Å². The van der Waals surface area contributed by atoms with Gasteiger partial charge in [-0.05, 0) is 32.2 Å². The van der Waals surface area contributed by atoms with Crippen LogP contribution in [0.1, 0.15) is 11.9 Å². The van der Waals surface area contributed by atoms with Crippen molar-refractivity contribution >= 4 is 38.4 Å². The van der Waals surface area contributed by atoms with E-state index in [4.69, 9.17) is 4.74 Å². The molecule has 0 fully saturated rings. The van der Waals surface area contributed by atoms with Crippen molar-refractivity contribution in [2.24, 2.45) is 4.99 Å². The summed E-state index contributed by atoms with van der Waals surface area (Å²) >= 11 is 3.47. The van der Waals surface area contributed by atoms with Crippen molar-refractivity contribution < 1.29 is 4.74 Å². The quantitative estimate of drug-likeness (QED) is 0.859. The van der Waals surface area contributed by atoms with Gasteiger partial charge in [0.1, 0.15) is 15.8 Å². The number of benzene rings is 1. The highest BCUT2D eigenvalue weighted by Crippen LogP contribution is 2.31. The third kappa shape index (κ3) is 3.45. The van der Waals surface area contributed by atoms with E-state index in [1.54, 1.807) is 29.4 Å². The lowest BCUT2D eigenvalue weighted by molar-refractivity contribution is 0.480. The van der Waals surface area contributed by atoms with E-state index in [1.807, 2.05) is 31.3 Å². The van der Waals surface area contributed by atoms with Gasteiger partial charge in [-0.15, -0.1) is 23.1 Å². The average molecular weight is 319 g/mol. The largest absolute Gasteiger partial charge is 0.465 e. The van der Waals surface area contributed by atoms with Crippen LogP contribution in [-0.2, 0) is 0 Å². The van der Waals surface area contributed by atoms with Crippen LogP contribution in [-0.4, -0.2) is 35.4 Å². The molecule has 0 saturated heterocycles. The normalized spacial score (nSPS) is 18.6. The van der Waals surface area contributed by atoms with Crippen molar-refractivity contribution in [1.29, 1.82) is 0 Å². The summed E-state index contributed by atoms with van der Waals surface area (Å²) in [5.41, 5.74) is 1.00. The number of fused-ring (bicyclic) bond motifs is 1. The predicted octanol–water partition coefficient (Wildman–Crippen LogP) is 3.29. The van der Waals surface area contributed by atoms with Crippen LogP contribution in [0.4, 0.5) is 0 Å². The minimum atomic E-state index is 0.396. The fourth-order valence-electron chi connectivity index (χ4n) is 1.95. The first kappa shape index (κ1) is 14.6. The number of rotatable bonds is 5. The molecule has 1 aromatic carbocycles. The zero-order valence-electron chi connectivity index (χ0n) is 12.0. The van der Waals surface area contributed by atoms with E-state index < -0.39 is 0 Å². The molecule has 6 heteroatoms. The Labute approximate surface area is 132 Å². The number of nitrogens with one attached hydrogen (secondary N) is 1. The molecule has 4 nitrogen and oxygen atoms in total. The highest BCUT2D eigenvalue weighted by molar-refractivity contribution is 8.15. The number of aliphatic imine (C=N–C) groups is 1. The third-order valence-corrected chi connectivity index (χ3v) is 5.34. The Morgan fingerprint density at radius 1 is 1.48 bits per heavy atom. The number of likely N-dealkylation sites (N-methyl/N-ethyl adjacent to an activating group) is 1. The minimum absolute atomic E-state index is 0.396. The van der Waals surface area contributed by atoms with Gasteiger partial charge in [-0.3, -0.25) is 4.99 Å². The minimum Gasteiger partial charge on any atom is -0.465 e. The number of thiazole rings is 1. The summed E-state index contributed by atoms with van der Waals surface area (Å²) in [5, 5.41) is 5.12. The summed E-state index contributed by atoms with van der Waals surface area (Å²) in [6, 6.07) is 6.37. The fraction of sp³-hybridized carbons (Fsp3) is 0.333. The van der Waals surface area contributed by atoms with Crippen molar-refractivity contribution in [3.05, 3.63) is 35.5 Å². The molecule has 0 radical (unpaired) electrons. The zero-order valence-corrected chi connectivity index (χ0v) is 13.6. The van der Waals surface area contributed by atoms with Gasteiger partial charge in [0.05, 0.1) is 22.5 Å². The van der Waals surface area contributed by atoms with Crippen molar-refractivity contribution in [2.75, 3.05) is 19.3 Å². The average Bonchev–Trinajstić information content (AvgIpc) is 3.09. The van der Waals surface area contributed by atoms with Crippen LogP contribution in [0.5, 0.6) is 5.75 Å². The molecular weight excluding hydrogens is 302 g/mol. The number of hydrogen-bond acceptors (Lipinski definition) is 6. The van der Waals surface area contributed by atoms with Gasteiger partial charge in [0.25, 0.3) is 0 Å². The molecule has 0 amide bonds. The molecule has 0 saturated carbocycles. The van der Waals surface area contributed by atoms with Gasteiger partial charge in [-0.2, -0.15) is 0 Å². The van der Waals surface area contributed by atoms with E-state index in [-0.39, 0.29) is 0 Å². The Bertz CT molecular complexity index is 693. The second kappa shape index (κ2) is 6.60. The first-order chi connectivity index (χ1) is 10.3. The summed E-state index contributed by atoms with van der Waals surface area (Å²) in [4.78, 5) is 9.29. The van der Waals surface area contributed by atoms with E-state index in [0.29, 0.717) is 6.04 Å². The maximum atomic E-state index is 5.59. The standard InChI is InChI=1S/C15H17N3OS2/c1-10-9-20-14(17-10)15-18-12-5-4-11(8-13(12)21-15)19-7-3-6-16-2/h3-5,7-8,10,16H,6,9H2,1-2H3/b7-3-/t10-/m0/s1. The highest BCUT2D eigenvalue weighted by Gasteiger charge is 2.18. The molecule has 1 aliphatic rings. The van der Waals surface area contributed by atoms with Crippen LogP contribution in [0.25, 0.3) is 10.2 Å². The van der Waals surface area contributed by atoms with E-state index in [2.05, 4.69) is 22.2 Å². The highest BCUT2D eigenvalue weighted by atomic mass is 32.2. The summed E-state index contributed by atoms with van der Waals surface area (Å²) in [5.74, 6) is 1.88. The van der Waals surface area contributed by atoms with Crippen LogP contribution >= 0.6 is 23.1 Å². The van der Waals surface area contributed by atoms with Gasteiger partial charge in [0.2, 0.25) is 0 Å². The molecule has 1 aromatic heterocycles. The second-order valence-electron chi connectivity index (χ2n) is 4.79. The van der Waals surface area contributed by atoms with Crippen molar-refractivity contribution in [3.63, 3.8) is 0 Å². The first-order valence-electron chi connectivity index (χ1n) is 6.84. The van der Waals surface area contributed by atoms with Crippen molar-refractivity contribution in [2.45, 2.75) is 13.0 Å². The Kier molecular flexibility index (Phi) is 4.57. The topological polar surface area (TPSA) is 46.5 Å².